The van der Waals surface area contributed by atoms with Crippen LogP contribution in [-0.4, -0.2) is 41.2 Å². The smallest absolute Gasteiger partial charge is 0.411 e. The molecule has 0 saturated carbocycles. The Morgan fingerprint density at radius 2 is 2.25 bits per heavy atom. The van der Waals surface area contributed by atoms with Crippen molar-refractivity contribution in [3.05, 3.63) is 30.1 Å². The van der Waals surface area contributed by atoms with Crippen LogP contribution >= 0.6 is 0 Å². The number of rotatable bonds is 1. The number of carbonyl (C=O) groups is 1. The first-order valence-electron chi connectivity index (χ1n) is 6.95. The van der Waals surface area contributed by atoms with Crippen LogP contribution in [0.1, 0.15) is 33.3 Å². The molecule has 1 atom stereocenters. The van der Waals surface area contributed by atoms with Crippen LogP contribution in [0.25, 0.3) is 0 Å². The minimum atomic E-state index is -0.488. The van der Waals surface area contributed by atoms with Crippen molar-refractivity contribution in [2.75, 3.05) is 19.6 Å². The molecule has 5 heteroatoms. The van der Waals surface area contributed by atoms with Crippen molar-refractivity contribution in [2.45, 2.75) is 38.8 Å². The number of carbonyl (C=O) groups excluding carboxylic acids is 1. The number of nitrogens with zero attached hydrogens (tertiary/aromatic N) is 2. The summed E-state index contributed by atoms with van der Waals surface area (Å²) in [5.74, 6) is 0. The maximum absolute atomic E-state index is 12.5. The van der Waals surface area contributed by atoms with Crippen LogP contribution in [0.3, 0.4) is 0 Å². The van der Waals surface area contributed by atoms with Gasteiger partial charge in [0.2, 0.25) is 0 Å². The SMILES string of the molecule is CC(C)(C)OC(=O)N1CCNCC1(C)c1cccnc1. The Morgan fingerprint density at radius 3 is 2.85 bits per heavy atom. The largest absolute Gasteiger partial charge is 0.444 e. The third-order valence-corrected chi connectivity index (χ3v) is 3.47. The van der Waals surface area contributed by atoms with E-state index in [1.165, 1.54) is 0 Å². The number of hydrogen-bond acceptors (Lipinski definition) is 4. The zero-order valence-electron chi connectivity index (χ0n) is 12.6. The number of amides is 1. The van der Waals surface area contributed by atoms with E-state index in [2.05, 4.69) is 10.3 Å². The zero-order chi connectivity index (χ0) is 14.8. The van der Waals surface area contributed by atoms with E-state index >= 15 is 0 Å². The summed E-state index contributed by atoms with van der Waals surface area (Å²) in [4.78, 5) is 18.4. The van der Waals surface area contributed by atoms with Crippen LogP contribution in [0.15, 0.2) is 24.5 Å². The minimum absolute atomic E-state index is 0.273. The highest BCUT2D eigenvalue weighted by Crippen LogP contribution is 2.30. The second kappa shape index (κ2) is 5.40. The van der Waals surface area contributed by atoms with Gasteiger partial charge in [0.1, 0.15) is 5.60 Å². The van der Waals surface area contributed by atoms with E-state index in [9.17, 15) is 4.79 Å². The average Bonchev–Trinajstić information content (AvgIpc) is 2.38. The Kier molecular flexibility index (Phi) is 3.99. The lowest BCUT2D eigenvalue weighted by Crippen LogP contribution is -2.60. The summed E-state index contributed by atoms with van der Waals surface area (Å²) in [6, 6.07) is 3.89. The molecule has 20 heavy (non-hydrogen) atoms. The first-order chi connectivity index (χ1) is 9.33. The summed E-state index contributed by atoms with van der Waals surface area (Å²) < 4.78 is 5.53. The van der Waals surface area contributed by atoms with Gasteiger partial charge in [0.15, 0.2) is 0 Å². The van der Waals surface area contributed by atoms with Crippen molar-refractivity contribution in [2.24, 2.45) is 0 Å². The normalized spacial score (nSPS) is 23.5. The zero-order valence-corrected chi connectivity index (χ0v) is 12.6. The second-order valence-corrected chi connectivity index (χ2v) is 6.32. The molecule has 5 nitrogen and oxygen atoms in total. The lowest BCUT2D eigenvalue weighted by atomic mass is 9.90. The van der Waals surface area contributed by atoms with Crippen molar-refractivity contribution in [1.82, 2.24) is 15.2 Å². The Bertz CT molecular complexity index is 470. The van der Waals surface area contributed by atoms with Crippen molar-refractivity contribution < 1.29 is 9.53 Å². The van der Waals surface area contributed by atoms with E-state index in [1.807, 2.05) is 46.0 Å². The van der Waals surface area contributed by atoms with Crippen molar-refractivity contribution in [1.29, 1.82) is 0 Å². The van der Waals surface area contributed by atoms with Crippen LogP contribution in [0.5, 0.6) is 0 Å². The molecule has 110 valence electrons. The number of hydrogen-bond donors (Lipinski definition) is 1. The van der Waals surface area contributed by atoms with E-state index in [0.29, 0.717) is 13.1 Å². The van der Waals surface area contributed by atoms with Crippen LogP contribution < -0.4 is 5.32 Å². The van der Waals surface area contributed by atoms with Crippen molar-refractivity contribution in [3.63, 3.8) is 0 Å². The maximum atomic E-state index is 12.5. The number of piperazine rings is 1. The Balaban J connectivity index is 2.27. The minimum Gasteiger partial charge on any atom is -0.444 e. The van der Waals surface area contributed by atoms with E-state index in [4.69, 9.17) is 4.74 Å². The fourth-order valence-electron chi connectivity index (χ4n) is 2.41. The molecular formula is C15H23N3O2. The molecule has 0 bridgehead atoms. The molecule has 0 aliphatic carbocycles. The summed E-state index contributed by atoms with van der Waals surface area (Å²) >= 11 is 0. The summed E-state index contributed by atoms with van der Waals surface area (Å²) in [7, 11) is 0. The highest BCUT2D eigenvalue weighted by molar-refractivity contribution is 5.70. The fraction of sp³-hybridized carbons (Fsp3) is 0.600. The first-order valence-corrected chi connectivity index (χ1v) is 6.95. The Labute approximate surface area is 120 Å². The molecule has 0 aromatic carbocycles. The molecule has 1 aromatic heterocycles. The summed E-state index contributed by atoms with van der Waals surface area (Å²) in [5, 5.41) is 3.34. The van der Waals surface area contributed by atoms with Crippen LogP contribution in [0, 0.1) is 0 Å². The molecule has 2 rings (SSSR count). The molecule has 0 spiro atoms. The highest BCUT2D eigenvalue weighted by Gasteiger charge is 2.41. The van der Waals surface area contributed by atoms with E-state index in [0.717, 1.165) is 12.1 Å². The molecule has 1 N–H and O–H groups in total. The maximum Gasteiger partial charge on any atom is 0.411 e. The van der Waals surface area contributed by atoms with Crippen LogP contribution in [0.4, 0.5) is 4.79 Å². The third kappa shape index (κ3) is 3.10. The monoisotopic (exact) mass is 277 g/mol. The summed E-state index contributed by atoms with van der Waals surface area (Å²) in [6.07, 6.45) is 3.27. The Hall–Kier alpha value is -1.62. The predicted molar refractivity (Wildman–Crippen MR) is 77.4 cm³/mol. The quantitative estimate of drug-likeness (QED) is 0.854. The van der Waals surface area contributed by atoms with E-state index in [1.54, 1.807) is 11.1 Å². The van der Waals surface area contributed by atoms with Gasteiger partial charge in [0.25, 0.3) is 0 Å². The van der Waals surface area contributed by atoms with Gasteiger partial charge >= 0.3 is 6.09 Å². The highest BCUT2D eigenvalue weighted by atomic mass is 16.6. The topological polar surface area (TPSA) is 54.5 Å². The van der Waals surface area contributed by atoms with Gasteiger partial charge in [-0.3, -0.25) is 9.88 Å². The number of nitrogens with one attached hydrogen (secondary N) is 1. The van der Waals surface area contributed by atoms with Crippen LogP contribution in [-0.2, 0) is 10.3 Å². The van der Waals surface area contributed by atoms with E-state index in [-0.39, 0.29) is 6.09 Å². The molecule has 2 heterocycles. The molecule has 1 saturated heterocycles. The first kappa shape index (κ1) is 14.8. The van der Waals surface area contributed by atoms with Gasteiger partial charge in [-0.15, -0.1) is 0 Å². The molecule has 1 aliphatic rings. The van der Waals surface area contributed by atoms with Gasteiger partial charge in [-0.05, 0) is 39.3 Å². The second-order valence-electron chi connectivity index (χ2n) is 6.32. The lowest BCUT2D eigenvalue weighted by molar-refractivity contribution is -0.00827. The molecule has 1 amide bonds. The fourth-order valence-corrected chi connectivity index (χ4v) is 2.41. The van der Waals surface area contributed by atoms with Gasteiger partial charge in [-0.2, -0.15) is 0 Å². The molecule has 1 aliphatic heterocycles. The molecule has 1 aromatic rings. The van der Waals surface area contributed by atoms with Crippen LogP contribution in [0.2, 0.25) is 0 Å². The van der Waals surface area contributed by atoms with Gasteiger partial charge in [-0.1, -0.05) is 6.07 Å². The number of pyridine rings is 1. The number of aromatic nitrogens is 1. The Morgan fingerprint density at radius 1 is 1.50 bits per heavy atom. The predicted octanol–water partition coefficient (Wildman–Crippen LogP) is 2.14. The average molecular weight is 277 g/mol. The van der Waals surface area contributed by atoms with E-state index < -0.39 is 11.1 Å². The van der Waals surface area contributed by atoms with Crippen molar-refractivity contribution >= 4 is 6.09 Å². The standard InChI is InChI=1S/C15H23N3O2/c1-14(2,3)20-13(19)18-9-8-17-11-15(18,4)12-6-5-7-16-10-12/h5-7,10,17H,8-9,11H2,1-4H3. The molecule has 1 unspecified atom stereocenters. The van der Waals surface area contributed by atoms with Gasteiger partial charge in [-0.25, -0.2) is 4.79 Å². The summed E-state index contributed by atoms with van der Waals surface area (Å²) in [6.45, 7) is 9.78. The third-order valence-electron chi connectivity index (χ3n) is 3.47. The molecule has 1 fully saturated rings. The molecule has 0 radical (unpaired) electrons. The van der Waals surface area contributed by atoms with Gasteiger partial charge in [0, 0.05) is 32.0 Å². The molecular weight excluding hydrogens is 254 g/mol. The van der Waals surface area contributed by atoms with Crippen molar-refractivity contribution in [3.8, 4) is 0 Å². The summed E-state index contributed by atoms with van der Waals surface area (Å²) in [5.41, 5.74) is 0.0881. The van der Waals surface area contributed by atoms with Gasteiger partial charge in [0.05, 0.1) is 5.54 Å². The number of ether oxygens (including phenoxy) is 1. The lowest BCUT2D eigenvalue weighted by Gasteiger charge is -2.45. The van der Waals surface area contributed by atoms with Gasteiger partial charge < -0.3 is 10.1 Å².